The molecular formula is C13H20N2O2. The van der Waals surface area contributed by atoms with Gasteiger partial charge in [-0.05, 0) is 17.9 Å². The predicted molar refractivity (Wildman–Crippen MR) is 68.1 cm³/mol. The molecule has 0 fully saturated rings. The molecule has 0 aliphatic heterocycles. The molecule has 0 heterocycles. The third kappa shape index (κ3) is 4.53. The van der Waals surface area contributed by atoms with Gasteiger partial charge in [0.25, 0.3) is 0 Å². The van der Waals surface area contributed by atoms with Crippen LogP contribution in [-0.2, 0) is 6.54 Å². The average Bonchev–Trinajstić information content (AvgIpc) is 2.34. The van der Waals surface area contributed by atoms with E-state index in [0.717, 1.165) is 12.0 Å². The van der Waals surface area contributed by atoms with Gasteiger partial charge in [0, 0.05) is 0 Å². The van der Waals surface area contributed by atoms with Crippen LogP contribution in [0.3, 0.4) is 0 Å². The standard InChI is InChI=1S/C13H20N2O2/c1-11(2)8-13(10-16)15(14-17)9-12-6-4-3-5-7-12/h3-7,11,13,16H,8-10H2,1-2H3/t13-/m0/s1. The molecule has 0 aliphatic rings. The molecule has 0 aromatic heterocycles. The lowest BCUT2D eigenvalue weighted by molar-refractivity contribution is 0.102. The normalized spacial score (nSPS) is 12.5. The Balaban J connectivity index is 2.66. The van der Waals surface area contributed by atoms with Crippen molar-refractivity contribution in [3.63, 3.8) is 0 Å². The minimum absolute atomic E-state index is 0.0449. The molecule has 0 unspecified atom stereocenters. The van der Waals surface area contributed by atoms with Crippen LogP contribution in [0.4, 0.5) is 0 Å². The zero-order valence-electron chi connectivity index (χ0n) is 10.4. The lowest BCUT2D eigenvalue weighted by atomic mass is 10.0. The van der Waals surface area contributed by atoms with Crippen LogP contribution in [0.2, 0.25) is 0 Å². The smallest absolute Gasteiger partial charge is 0.0739 e. The molecule has 1 N–H and O–H groups in total. The van der Waals surface area contributed by atoms with Crippen LogP contribution in [0.15, 0.2) is 35.6 Å². The Labute approximate surface area is 102 Å². The highest BCUT2D eigenvalue weighted by molar-refractivity contribution is 5.14. The number of aliphatic hydroxyl groups excluding tert-OH is 1. The first-order valence-corrected chi connectivity index (χ1v) is 5.92. The number of nitrogens with zero attached hydrogens (tertiary/aromatic N) is 2. The lowest BCUT2D eigenvalue weighted by Gasteiger charge is -2.26. The largest absolute Gasteiger partial charge is 0.394 e. The molecule has 0 spiro atoms. The monoisotopic (exact) mass is 236 g/mol. The van der Waals surface area contributed by atoms with Gasteiger partial charge in [-0.25, -0.2) is 0 Å². The Morgan fingerprint density at radius 1 is 1.29 bits per heavy atom. The van der Waals surface area contributed by atoms with Gasteiger partial charge in [0.1, 0.15) is 0 Å². The van der Waals surface area contributed by atoms with Crippen molar-refractivity contribution in [1.82, 2.24) is 5.01 Å². The summed E-state index contributed by atoms with van der Waals surface area (Å²) in [4.78, 5) is 10.9. The van der Waals surface area contributed by atoms with Crippen molar-refractivity contribution in [2.45, 2.75) is 32.9 Å². The highest BCUT2D eigenvalue weighted by Crippen LogP contribution is 2.15. The summed E-state index contributed by atoms with van der Waals surface area (Å²) in [6, 6.07) is 9.47. The molecule has 1 aromatic carbocycles. The molecule has 4 heteroatoms. The van der Waals surface area contributed by atoms with Crippen LogP contribution < -0.4 is 0 Å². The van der Waals surface area contributed by atoms with Gasteiger partial charge in [-0.1, -0.05) is 44.2 Å². The van der Waals surface area contributed by atoms with Gasteiger partial charge < -0.3 is 5.11 Å². The second-order valence-electron chi connectivity index (χ2n) is 4.63. The van der Waals surface area contributed by atoms with Crippen molar-refractivity contribution in [3.8, 4) is 0 Å². The first kappa shape index (κ1) is 13.6. The molecule has 0 amide bonds. The van der Waals surface area contributed by atoms with Crippen molar-refractivity contribution >= 4 is 0 Å². The first-order chi connectivity index (χ1) is 8.17. The van der Waals surface area contributed by atoms with E-state index >= 15 is 0 Å². The van der Waals surface area contributed by atoms with Crippen molar-refractivity contribution in [1.29, 1.82) is 0 Å². The molecule has 17 heavy (non-hydrogen) atoms. The number of nitroso groups, excluding NO2 is 1. The van der Waals surface area contributed by atoms with E-state index in [2.05, 4.69) is 19.1 Å². The molecule has 1 aromatic rings. The summed E-state index contributed by atoms with van der Waals surface area (Å²) >= 11 is 0. The lowest BCUT2D eigenvalue weighted by Crippen LogP contribution is -2.34. The maximum absolute atomic E-state index is 10.9. The molecule has 0 saturated carbocycles. The average molecular weight is 236 g/mol. The predicted octanol–water partition coefficient (Wildman–Crippen LogP) is 2.58. The highest BCUT2D eigenvalue weighted by atomic mass is 16.3. The van der Waals surface area contributed by atoms with E-state index < -0.39 is 0 Å². The fourth-order valence-electron chi connectivity index (χ4n) is 1.83. The Hall–Kier alpha value is -1.42. The Morgan fingerprint density at radius 2 is 1.94 bits per heavy atom. The van der Waals surface area contributed by atoms with Gasteiger partial charge in [0.05, 0.1) is 24.5 Å². The third-order valence-corrected chi connectivity index (χ3v) is 2.67. The molecule has 94 valence electrons. The summed E-state index contributed by atoms with van der Waals surface area (Å²) in [5.41, 5.74) is 1.02. The van der Waals surface area contributed by atoms with Crippen LogP contribution in [-0.4, -0.2) is 22.8 Å². The van der Waals surface area contributed by atoms with Crippen molar-refractivity contribution < 1.29 is 5.11 Å². The molecule has 0 saturated heterocycles. The van der Waals surface area contributed by atoms with E-state index in [0.29, 0.717) is 12.5 Å². The fraction of sp³-hybridized carbons (Fsp3) is 0.538. The molecule has 4 nitrogen and oxygen atoms in total. The zero-order chi connectivity index (χ0) is 12.7. The number of hydrogen-bond donors (Lipinski definition) is 1. The van der Waals surface area contributed by atoms with Crippen LogP contribution in [0.5, 0.6) is 0 Å². The van der Waals surface area contributed by atoms with E-state index in [-0.39, 0.29) is 12.6 Å². The van der Waals surface area contributed by atoms with Crippen molar-refractivity contribution in [2.75, 3.05) is 6.61 Å². The summed E-state index contributed by atoms with van der Waals surface area (Å²) in [6.07, 6.45) is 0.759. The van der Waals surface area contributed by atoms with Crippen LogP contribution in [0.25, 0.3) is 0 Å². The molecular weight excluding hydrogens is 216 g/mol. The summed E-state index contributed by atoms with van der Waals surface area (Å²) in [5, 5.41) is 13.8. The molecule has 1 atom stereocenters. The van der Waals surface area contributed by atoms with Gasteiger partial charge in [-0.2, -0.15) is 0 Å². The Kier molecular flexibility index (Phi) is 5.63. The van der Waals surface area contributed by atoms with Gasteiger partial charge >= 0.3 is 0 Å². The number of hydrogen-bond acceptors (Lipinski definition) is 3. The van der Waals surface area contributed by atoms with E-state index in [4.69, 9.17) is 0 Å². The molecule has 0 bridgehead atoms. The van der Waals surface area contributed by atoms with Gasteiger partial charge in [-0.3, -0.25) is 5.01 Å². The van der Waals surface area contributed by atoms with Crippen LogP contribution >= 0.6 is 0 Å². The number of rotatable bonds is 7. The Bertz CT molecular complexity index is 327. The van der Waals surface area contributed by atoms with Crippen molar-refractivity contribution in [2.24, 2.45) is 11.2 Å². The quantitative estimate of drug-likeness (QED) is 0.584. The maximum atomic E-state index is 10.9. The summed E-state index contributed by atoms with van der Waals surface area (Å²) in [5.74, 6) is 0.423. The van der Waals surface area contributed by atoms with Crippen LogP contribution in [0, 0.1) is 10.8 Å². The van der Waals surface area contributed by atoms with E-state index in [1.54, 1.807) is 0 Å². The van der Waals surface area contributed by atoms with E-state index in [9.17, 15) is 10.0 Å². The zero-order valence-corrected chi connectivity index (χ0v) is 10.4. The molecule has 0 radical (unpaired) electrons. The van der Waals surface area contributed by atoms with Gasteiger partial charge in [-0.15, -0.1) is 4.91 Å². The summed E-state index contributed by atoms with van der Waals surface area (Å²) in [7, 11) is 0. The first-order valence-electron chi connectivity index (χ1n) is 5.92. The molecule has 0 aliphatic carbocycles. The van der Waals surface area contributed by atoms with E-state index in [1.165, 1.54) is 5.01 Å². The second-order valence-corrected chi connectivity index (χ2v) is 4.63. The minimum Gasteiger partial charge on any atom is -0.394 e. The second kappa shape index (κ2) is 7.01. The van der Waals surface area contributed by atoms with E-state index in [1.807, 2.05) is 30.3 Å². The summed E-state index contributed by atoms with van der Waals surface area (Å²) in [6.45, 7) is 4.53. The third-order valence-electron chi connectivity index (χ3n) is 2.67. The van der Waals surface area contributed by atoms with Gasteiger partial charge in [0.2, 0.25) is 0 Å². The van der Waals surface area contributed by atoms with Gasteiger partial charge in [0.15, 0.2) is 0 Å². The maximum Gasteiger partial charge on any atom is 0.0739 e. The highest BCUT2D eigenvalue weighted by Gasteiger charge is 2.18. The SMILES string of the molecule is CC(C)C[C@@H](CO)N(Cc1ccccc1)N=O. The number of benzene rings is 1. The van der Waals surface area contributed by atoms with Crippen molar-refractivity contribution in [3.05, 3.63) is 40.8 Å². The van der Waals surface area contributed by atoms with Crippen LogP contribution in [0.1, 0.15) is 25.8 Å². The Morgan fingerprint density at radius 3 is 2.41 bits per heavy atom. The topological polar surface area (TPSA) is 52.9 Å². The fourth-order valence-corrected chi connectivity index (χ4v) is 1.83. The minimum atomic E-state index is -0.201. The number of aliphatic hydroxyl groups is 1. The molecule has 1 rings (SSSR count). The summed E-state index contributed by atoms with van der Waals surface area (Å²) < 4.78 is 0.